The quantitative estimate of drug-likeness (QED) is 0.394. The molecule has 186 valence electrons. The number of piperazine rings is 1. The van der Waals surface area contributed by atoms with Crippen LogP contribution in [0.3, 0.4) is 0 Å². The highest BCUT2D eigenvalue weighted by molar-refractivity contribution is 7.16. The maximum atomic E-state index is 6.01. The molecule has 0 atom stereocenters. The fraction of sp³-hybridized carbons (Fsp3) is 0.407. The van der Waals surface area contributed by atoms with Gasteiger partial charge in [0.1, 0.15) is 0 Å². The average Bonchev–Trinajstić information content (AvgIpc) is 3.29. The number of anilines is 1. The van der Waals surface area contributed by atoms with Gasteiger partial charge in [-0.1, -0.05) is 41.9 Å². The number of hydrogen-bond donors (Lipinski definition) is 0. The largest absolute Gasteiger partial charge is 0.343 e. The van der Waals surface area contributed by atoms with E-state index in [4.69, 9.17) is 16.6 Å². The van der Waals surface area contributed by atoms with Crippen LogP contribution in [0.15, 0.2) is 54.7 Å². The summed E-state index contributed by atoms with van der Waals surface area (Å²) in [6.45, 7) is 8.21. The summed E-state index contributed by atoms with van der Waals surface area (Å²) >= 11 is 7.63. The molecule has 0 aliphatic carbocycles. The van der Waals surface area contributed by atoms with Crippen molar-refractivity contribution in [3.05, 3.63) is 69.5 Å². The molecule has 3 aromatic rings. The lowest BCUT2D eigenvalue weighted by atomic mass is 10.1. The molecule has 1 aliphatic heterocycles. The topological polar surface area (TPSA) is 38.7 Å². The molecule has 2 aromatic heterocycles. The molecule has 0 spiro atoms. The summed E-state index contributed by atoms with van der Waals surface area (Å²) in [5.41, 5.74) is 3.43. The third-order valence-electron chi connectivity index (χ3n) is 6.23. The van der Waals surface area contributed by atoms with E-state index < -0.39 is 0 Å². The van der Waals surface area contributed by atoms with Crippen LogP contribution in [0.2, 0.25) is 4.34 Å². The Hall–Kier alpha value is -2.29. The number of rotatable bonds is 10. The highest BCUT2D eigenvalue weighted by Crippen LogP contribution is 2.23. The summed E-state index contributed by atoms with van der Waals surface area (Å²) in [6, 6.07) is 14.8. The van der Waals surface area contributed by atoms with Crippen LogP contribution in [0.5, 0.6) is 0 Å². The van der Waals surface area contributed by atoms with E-state index in [0.717, 1.165) is 73.9 Å². The van der Waals surface area contributed by atoms with E-state index in [1.165, 1.54) is 10.4 Å². The number of aromatic nitrogens is 2. The third-order valence-corrected chi connectivity index (χ3v) is 7.42. The Morgan fingerprint density at radius 3 is 2.37 bits per heavy atom. The van der Waals surface area contributed by atoms with E-state index in [-0.39, 0.29) is 0 Å². The van der Waals surface area contributed by atoms with Gasteiger partial charge in [0.2, 0.25) is 5.95 Å². The second-order valence-corrected chi connectivity index (χ2v) is 11.0. The fourth-order valence-corrected chi connectivity index (χ4v) is 5.04. The van der Waals surface area contributed by atoms with Crippen molar-refractivity contribution in [3.8, 4) is 11.3 Å². The van der Waals surface area contributed by atoms with Gasteiger partial charge in [-0.25, -0.2) is 9.97 Å². The molecular weight excluding hydrogens is 476 g/mol. The molecule has 1 fully saturated rings. The predicted molar refractivity (Wildman–Crippen MR) is 149 cm³/mol. The van der Waals surface area contributed by atoms with E-state index in [1.807, 2.05) is 25.4 Å². The summed E-state index contributed by atoms with van der Waals surface area (Å²) in [5.74, 6) is 0.764. The zero-order valence-electron chi connectivity index (χ0n) is 20.9. The lowest BCUT2D eigenvalue weighted by molar-refractivity contribution is 0.137. The molecular formula is C27H35ClN6S. The van der Waals surface area contributed by atoms with Crippen molar-refractivity contribution >= 4 is 35.0 Å². The molecule has 8 heteroatoms. The van der Waals surface area contributed by atoms with Crippen LogP contribution in [-0.4, -0.2) is 91.6 Å². The average molecular weight is 511 g/mol. The molecule has 6 nitrogen and oxygen atoms in total. The molecule has 0 bridgehead atoms. The van der Waals surface area contributed by atoms with Crippen molar-refractivity contribution in [2.24, 2.45) is 0 Å². The van der Waals surface area contributed by atoms with Crippen LogP contribution in [-0.2, 0) is 6.54 Å². The van der Waals surface area contributed by atoms with Gasteiger partial charge in [-0.05, 0) is 43.9 Å². The van der Waals surface area contributed by atoms with Crippen molar-refractivity contribution in [2.75, 3.05) is 71.9 Å². The predicted octanol–water partition coefficient (Wildman–Crippen LogP) is 4.69. The number of nitrogens with zero attached hydrogens (tertiary/aromatic N) is 6. The highest BCUT2D eigenvalue weighted by Gasteiger charge is 2.16. The number of benzene rings is 1. The van der Waals surface area contributed by atoms with Gasteiger partial charge >= 0.3 is 0 Å². The first-order chi connectivity index (χ1) is 17.0. The van der Waals surface area contributed by atoms with Crippen LogP contribution in [0.25, 0.3) is 17.3 Å². The molecule has 0 unspecified atom stereocenters. The van der Waals surface area contributed by atoms with Crippen LogP contribution in [0.1, 0.15) is 10.4 Å². The minimum absolute atomic E-state index is 0.764. The van der Waals surface area contributed by atoms with Gasteiger partial charge in [-0.15, -0.1) is 11.3 Å². The van der Waals surface area contributed by atoms with Gasteiger partial charge in [-0.3, -0.25) is 9.80 Å². The van der Waals surface area contributed by atoms with Crippen molar-refractivity contribution in [3.63, 3.8) is 0 Å². The van der Waals surface area contributed by atoms with Gasteiger partial charge in [-0.2, -0.15) is 0 Å². The first-order valence-electron chi connectivity index (χ1n) is 12.1. The zero-order valence-corrected chi connectivity index (χ0v) is 22.5. The summed E-state index contributed by atoms with van der Waals surface area (Å²) in [5, 5.41) is 0. The van der Waals surface area contributed by atoms with Crippen LogP contribution < -0.4 is 4.90 Å². The Morgan fingerprint density at radius 1 is 0.943 bits per heavy atom. The molecule has 0 amide bonds. The monoisotopic (exact) mass is 510 g/mol. The molecule has 1 aromatic carbocycles. The molecule has 0 radical (unpaired) electrons. The minimum Gasteiger partial charge on any atom is -0.343 e. The lowest BCUT2D eigenvalue weighted by Gasteiger charge is -2.34. The molecule has 4 rings (SSSR count). The second kappa shape index (κ2) is 12.6. The zero-order chi connectivity index (χ0) is 24.6. The summed E-state index contributed by atoms with van der Waals surface area (Å²) in [7, 11) is 6.20. The van der Waals surface area contributed by atoms with Crippen molar-refractivity contribution in [1.82, 2.24) is 24.7 Å². The molecule has 1 aliphatic rings. The van der Waals surface area contributed by atoms with E-state index >= 15 is 0 Å². The first-order valence-corrected chi connectivity index (χ1v) is 13.3. The van der Waals surface area contributed by atoms with E-state index in [1.54, 1.807) is 11.3 Å². The fourth-order valence-electron chi connectivity index (χ4n) is 4.05. The number of hydrogen-bond acceptors (Lipinski definition) is 7. The Kier molecular flexibility index (Phi) is 9.29. The van der Waals surface area contributed by atoms with Crippen molar-refractivity contribution in [1.29, 1.82) is 0 Å². The normalized spacial score (nSPS) is 15.3. The van der Waals surface area contributed by atoms with Gasteiger partial charge in [0.15, 0.2) is 0 Å². The Labute approximate surface area is 218 Å². The van der Waals surface area contributed by atoms with Crippen molar-refractivity contribution in [2.45, 2.75) is 6.54 Å². The molecule has 1 saturated heterocycles. The minimum atomic E-state index is 0.764. The van der Waals surface area contributed by atoms with Gasteiger partial charge in [0.25, 0.3) is 0 Å². The van der Waals surface area contributed by atoms with Crippen LogP contribution in [0, 0.1) is 0 Å². The van der Waals surface area contributed by atoms with E-state index in [2.05, 4.69) is 81.2 Å². The first kappa shape index (κ1) is 25.8. The van der Waals surface area contributed by atoms with E-state index in [0.29, 0.717) is 0 Å². The number of likely N-dealkylation sites (N-methyl/N-ethyl adjacent to an activating group) is 2. The Balaban J connectivity index is 1.25. The SMILES string of the molecule is CN(C)CCN(C)c1nccc(-c2ccc(CN3CCN(CC=Cc4ccc(Cl)s4)CC3)cc2)n1. The Morgan fingerprint density at radius 2 is 1.69 bits per heavy atom. The van der Waals surface area contributed by atoms with Gasteiger partial charge < -0.3 is 9.80 Å². The summed E-state index contributed by atoms with van der Waals surface area (Å²) in [4.78, 5) is 19.8. The number of thiophene rings is 1. The maximum Gasteiger partial charge on any atom is 0.225 e. The lowest BCUT2D eigenvalue weighted by Crippen LogP contribution is -2.45. The smallest absolute Gasteiger partial charge is 0.225 e. The van der Waals surface area contributed by atoms with Crippen LogP contribution in [0.4, 0.5) is 5.95 Å². The molecule has 0 N–H and O–H groups in total. The number of halogens is 1. The van der Waals surface area contributed by atoms with Crippen LogP contribution >= 0.6 is 22.9 Å². The van der Waals surface area contributed by atoms with E-state index in [9.17, 15) is 0 Å². The third kappa shape index (κ3) is 7.85. The van der Waals surface area contributed by atoms with Gasteiger partial charge in [0.05, 0.1) is 10.0 Å². The van der Waals surface area contributed by atoms with Gasteiger partial charge in [0, 0.05) is 76.0 Å². The highest BCUT2D eigenvalue weighted by atomic mass is 35.5. The summed E-state index contributed by atoms with van der Waals surface area (Å²) < 4.78 is 0.844. The molecule has 3 heterocycles. The molecule has 0 saturated carbocycles. The summed E-state index contributed by atoms with van der Waals surface area (Å²) in [6.07, 6.45) is 6.27. The molecule has 35 heavy (non-hydrogen) atoms. The standard InChI is InChI=1S/C27H35ClN6S/c1-31(2)15-16-32(3)27-29-13-12-25(30-27)23-8-6-22(7-9-23)21-34-19-17-33(18-20-34)14-4-5-24-10-11-26(28)35-24/h4-13H,14-21H2,1-3H3. The Bertz CT molecular complexity index is 1090. The second-order valence-electron chi connectivity index (χ2n) is 9.28. The van der Waals surface area contributed by atoms with Crippen molar-refractivity contribution < 1.29 is 0 Å². The maximum absolute atomic E-state index is 6.01.